The Morgan fingerprint density at radius 3 is 2.38 bits per heavy atom. The Morgan fingerprint density at radius 1 is 1.25 bits per heavy atom. The number of nitrogens with zero attached hydrogens (tertiary/aromatic N) is 2. The van der Waals surface area contributed by atoms with E-state index >= 15 is 0 Å². The zero-order chi connectivity index (χ0) is 11.7. The molecule has 0 amide bonds. The largest absolute Gasteiger partial charge is 0.351 e. The van der Waals surface area contributed by atoms with Crippen molar-refractivity contribution < 1.29 is 0 Å². The molecule has 1 aliphatic rings. The van der Waals surface area contributed by atoms with E-state index in [2.05, 4.69) is 42.8 Å². The molecule has 1 aliphatic heterocycles. The van der Waals surface area contributed by atoms with Crippen LogP contribution in [0.25, 0.3) is 0 Å². The fraction of sp³-hybridized carbons (Fsp3) is 0.692. The molecule has 0 radical (unpaired) electrons. The zero-order valence-corrected chi connectivity index (χ0v) is 11.6. The molecule has 1 aromatic rings. The van der Waals surface area contributed by atoms with Gasteiger partial charge >= 0.3 is 0 Å². The molecule has 0 bridgehead atoms. The second-order valence-electron chi connectivity index (χ2n) is 5.00. The van der Waals surface area contributed by atoms with Crippen molar-refractivity contribution in [3.63, 3.8) is 0 Å². The fourth-order valence-electron chi connectivity index (χ4n) is 2.13. The highest BCUT2D eigenvalue weighted by atomic mass is 32.2. The monoisotopic (exact) mass is 238 g/mol. The zero-order valence-electron chi connectivity index (χ0n) is 10.8. The molecular weight excluding hydrogens is 216 g/mol. The molecule has 1 aromatic heterocycles. The van der Waals surface area contributed by atoms with Crippen molar-refractivity contribution in [2.24, 2.45) is 13.0 Å². The molecule has 2 nitrogen and oxygen atoms in total. The summed E-state index contributed by atoms with van der Waals surface area (Å²) in [5.74, 6) is 0.912. The van der Waals surface area contributed by atoms with Crippen LogP contribution in [0.15, 0.2) is 11.0 Å². The first-order chi connectivity index (χ1) is 7.58. The summed E-state index contributed by atoms with van der Waals surface area (Å²) in [6, 6.07) is 2.30. The van der Waals surface area contributed by atoms with E-state index in [0.717, 1.165) is 5.92 Å². The number of hydrogen-bond donors (Lipinski definition) is 0. The summed E-state index contributed by atoms with van der Waals surface area (Å²) in [6.07, 6.45) is 2.69. The van der Waals surface area contributed by atoms with Crippen molar-refractivity contribution in [3.05, 3.63) is 17.5 Å². The minimum absolute atomic E-state index is 0.912. The molecule has 90 valence electrons. The Bertz CT molecular complexity index is 362. The third kappa shape index (κ3) is 2.46. The molecule has 2 heterocycles. The van der Waals surface area contributed by atoms with Gasteiger partial charge in [0.1, 0.15) is 0 Å². The van der Waals surface area contributed by atoms with Crippen molar-refractivity contribution in [2.75, 3.05) is 13.1 Å². The van der Waals surface area contributed by atoms with Crippen molar-refractivity contribution in [3.8, 4) is 0 Å². The van der Waals surface area contributed by atoms with E-state index in [0.29, 0.717) is 0 Å². The third-order valence-electron chi connectivity index (χ3n) is 3.70. The second-order valence-corrected chi connectivity index (χ2v) is 6.14. The molecule has 0 N–H and O–H groups in total. The molecule has 0 aromatic carbocycles. The van der Waals surface area contributed by atoms with Crippen molar-refractivity contribution in [1.82, 2.24) is 8.87 Å². The maximum absolute atomic E-state index is 2.52. The van der Waals surface area contributed by atoms with Crippen LogP contribution in [-0.4, -0.2) is 22.0 Å². The molecule has 1 saturated heterocycles. The Hall–Kier alpha value is -0.410. The van der Waals surface area contributed by atoms with Gasteiger partial charge in [0.05, 0.1) is 0 Å². The summed E-state index contributed by atoms with van der Waals surface area (Å²) in [5.41, 5.74) is 2.74. The summed E-state index contributed by atoms with van der Waals surface area (Å²) in [4.78, 5) is 1.43. The Labute approximate surface area is 103 Å². The van der Waals surface area contributed by atoms with E-state index in [-0.39, 0.29) is 0 Å². The first-order valence-electron chi connectivity index (χ1n) is 6.13. The van der Waals surface area contributed by atoms with Crippen LogP contribution in [0.3, 0.4) is 0 Å². The van der Waals surface area contributed by atoms with E-state index in [9.17, 15) is 0 Å². The third-order valence-corrected chi connectivity index (χ3v) is 4.93. The summed E-state index contributed by atoms with van der Waals surface area (Å²) < 4.78 is 4.79. The predicted molar refractivity (Wildman–Crippen MR) is 70.7 cm³/mol. The number of hydrogen-bond acceptors (Lipinski definition) is 2. The highest BCUT2D eigenvalue weighted by Crippen LogP contribution is 2.31. The van der Waals surface area contributed by atoms with Crippen LogP contribution in [-0.2, 0) is 7.05 Å². The highest BCUT2D eigenvalue weighted by molar-refractivity contribution is 7.97. The molecule has 0 spiro atoms. The topological polar surface area (TPSA) is 8.17 Å². The average Bonchev–Trinajstić information content (AvgIpc) is 2.50. The van der Waals surface area contributed by atoms with Crippen LogP contribution in [0.1, 0.15) is 31.2 Å². The minimum atomic E-state index is 0.912. The van der Waals surface area contributed by atoms with Gasteiger partial charge in [-0.2, -0.15) is 0 Å². The Morgan fingerprint density at radius 2 is 1.88 bits per heavy atom. The number of rotatable bonds is 2. The number of aromatic nitrogens is 1. The normalized spacial score (nSPS) is 19.2. The quantitative estimate of drug-likeness (QED) is 0.730. The second kappa shape index (κ2) is 4.84. The summed E-state index contributed by atoms with van der Waals surface area (Å²) >= 11 is 1.94. The van der Waals surface area contributed by atoms with Crippen LogP contribution in [0, 0.1) is 19.8 Å². The summed E-state index contributed by atoms with van der Waals surface area (Å²) in [5, 5.41) is 0. The average molecular weight is 238 g/mol. The predicted octanol–water partition coefficient (Wildman–Crippen LogP) is 3.38. The van der Waals surface area contributed by atoms with E-state index < -0.39 is 0 Å². The Balaban J connectivity index is 2.01. The van der Waals surface area contributed by atoms with Gasteiger partial charge in [-0.25, -0.2) is 4.31 Å². The van der Waals surface area contributed by atoms with Crippen LogP contribution in [0.5, 0.6) is 0 Å². The summed E-state index contributed by atoms with van der Waals surface area (Å²) in [7, 11) is 2.15. The summed E-state index contributed by atoms with van der Waals surface area (Å²) in [6.45, 7) is 9.22. The SMILES string of the molecule is Cc1cc(SN2CCC(C)CC2)c(C)n1C. The number of aryl methyl sites for hydroxylation is 1. The van der Waals surface area contributed by atoms with Gasteiger partial charge in [0.25, 0.3) is 0 Å². The van der Waals surface area contributed by atoms with Crippen molar-refractivity contribution in [2.45, 2.75) is 38.5 Å². The van der Waals surface area contributed by atoms with E-state index in [1.165, 1.54) is 42.2 Å². The molecule has 16 heavy (non-hydrogen) atoms. The lowest BCUT2D eigenvalue weighted by atomic mass is 10.0. The van der Waals surface area contributed by atoms with Crippen molar-refractivity contribution in [1.29, 1.82) is 0 Å². The number of piperidine rings is 1. The van der Waals surface area contributed by atoms with E-state index in [1.54, 1.807) is 0 Å². The highest BCUT2D eigenvalue weighted by Gasteiger charge is 2.18. The van der Waals surface area contributed by atoms with Crippen LogP contribution in [0.2, 0.25) is 0 Å². The van der Waals surface area contributed by atoms with Gasteiger partial charge in [-0.15, -0.1) is 0 Å². The van der Waals surface area contributed by atoms with Gasteiger partial charge in [-0.1, -0.05) is 6.92 Å². The molecule has 3 heteroatoms. The van der Waals surface area contributed by atoms with E-state index in [4.69, 9.17) is 0 Å². The van der Waals surface area contributed by atoms with Gasteiger partial charge in [-0.05, 0) is 50.6 Å². The maximum Gasteiger partial charge on any atom is 0.0439 e. The van der Waals surface area contributed by atoms with Gasteiger partial charge in [0.2, 0.25) is 0 Å². The fourth-order valence-corrected chi connectivity index (χ4v) is 3.29. The lowest BCUT2D eigenvalue weighted by Gasteiger charge is -2.28. The van der Waals surface area contributed by atoms with Crippen LogP contribution in [0.4, 0.5) is 0 Å². The lowest BCUT2D eigenvalue weighted by molar-refractivity contribution is 0.308. The first kappa shape index (κ1) is 12.1. The lowest BCUT2D eigenvalue weighted by Crippen LogP contribution is -2.27. The Kier molecular flexibility index (Phi) is 3.65. The van der Waals surface area contributed by atoms with E-state index in [1.807, 2.05) is 11.9 Å². The molecule has 0 aliphatic carbocycles. The maximum atomic E-state index is 2.52. The van der Waals surface area contributed by atoms with Crippen LogP contribution < -0.4 is 0 Å². The molecule has 0 saturated carbocycles. The minimum Gasteiger partial charge on any atom is -0.351 e. The molecular formula is C13H22N2S. The van der Waals surface area contributed by atoms with Gasteiger partial charge in [0, 0.05) is 36.4 Å². The molecule has 1 fully saturated rings. The van der Waals surface area contributed by atoms with Gasteiger partial charge in [-0.3, -0.25) is 0 Å². The molecule has 0 atom stereocenters. The van der Waals surface area contributed by atoms with Crippen LogP contribution >= 0.6 is 11.9 Å². The van der Waals surface area contributed by atoms with Gasteiger partial charge in [0.15, 0.2) is 0 Å². The van der Waals surface area contributed by atoms with Crippen molar-refractivity contribution >= 4 is 11.9 Å². The molecule has 2 rings (SSSR count). The molecule has 0 unspecified atom stereocenters. The first-order valence-corrected chi connectivity index (χ1v) is 6.91. The van der Waals surface area contributed by atoms with Gasteiger partial charge < -0.3 is 4.57 Å². The smallest absolute Gasteiger partial charge is 0.0439 e. The standard InChI is InChI=1S/C13H22N2S/c1-10-5-7-15(8-6-10)16-13-9-11(2)14(4)12(13)3/h9-10H,5-8H2,1-4H3.